The Hall–Kier alpha value is -1.03. The van der Waals surface area contributed by atoms with Crippen molar-refractivity contribution in [1.29, 1.82) is 0 Å². The average molecular weight is 195 g/mol. The third kappa shape index (κ3) is 1.62. The molecular formula is C10H17N3O. The van der Waals surface area contributed by atoms with Gasteiger partial charge in [-0.15, -0.1) is 0 Å². The van der Waals surface area contributed by atoms with Gasteiger partial charge in [-0.2, -0.15) is 5.10 Å². The Morgan fingerprint density at radius 1 is 1.64 bits per heavy atom. The van der Waals surface area contributed by atoms with Crippen LogP contribution >= 0.6 is 0 Å². The van der Waals surface area contributed by atoms with Gasteiger partial charge < -0.3 is 10.5 Å². The van der Waals surface area contributed by atoms with Crippen molar-refractivity contribution >= 4 is 5.82 Å². The van der Waals surface area contributed by atoms with E-state index < -0.39 is 0 Å². The maximum absolute atomic E-state index is 5.81. The lowest BCUT2D eigenvalue weighted by Crippen LogP contribution is -2.02. The number of H-pyrrole nitrogens is 1. The minimum absolute atomic E-state index is 0.473. The van der Waals surface area contributed by atoms with Crippen LogP contribution in [0.3, 0.4) is 0 Å². The zero-order valence-electron chi connectivity index (χ0n) is 8.55. The van der Waals surface area contributed by atoms with Gasteiger partial charge in [0, 0.05) is 23.8 Å². The summed E-state index contributed by atoms with van der Waals surface area (Å²) >= 11 is 0. The molecule has 2 rings (SSSR count). The maximum Gasteiger partial charge on any atom is 0.148 e. The first kappa shape index (κ1) is 9.52. The minimum Gasteiger partial charge on any atom is -0.382 e. The van der Waals surface area contributed by atoms with Crippen LogP contribution in [-0.2, 0) is 11.2 Å². The molecule has 4 nitrogen and oxygen atoms in total. The number of ether oxygens (including phenoxy) is 1. The fraction of sp³-hybridized carbons (Fsp3) is 0.700. The van der Waals surface area contributed by atoms with Gasteiger partial charge in [0.05, 0.1) is 6.61 Å². The Kier molecular flexibility index (Phi) is 2.72. The molecule has 1 saturated heterocycles. The van der Waals surface area contributed by atoms with Crippen LogP contribution in [0.15, 0.2) is 0 Å². The molecule has 1 aliphatic rings. The third-order valence-corrected chi connectivity index (χ3v) is 2.77. The molecule has 0 spiro atoms. The number of nitrogen functional groups attached to an aromatic ring is 1. The highest BCUT2D eigenvalue weighted by Gasteiger charge is 2.23. The molecule has 0 bridgehead atoms. The molecule has 1 unspecified atom stereocenters. The van der Waals surface area contributed by atoms with Crippen molar-refractivity contribution in [1.82, 2.24) is 10.2 Å². The second-order valence-corrected chi connectivity index (χ2v) is 3.81. The van der Waals surface area contributed by atoms with Crippen molar-refractivity contribution in [3.63, 3.8) is 0 Å². The van der Waals surface area contributed by atoms with Crippen LogP contribution in [0.5, 0.6) is 0 Å². The van der Waals surface area contributed by atoms with Gasteiger partial charge in [0.15, 0.2) is 0 Å². The number of nitrogens with zero attached hydrogens (tertiary/aromatic N) is 1. The van der Waals surface area contributed by atoms with Gasteiger partial charge in [-0.1, -0.05) is 13.3 Å². The molecule has 0 amide bonds. The molecule has 4 heteroatoms. The van der Waals surface area contributed by atoms with Crippen LogP contribution in [0.2, 0.25) is 0 Å². The van der Waals surface area contributed by atoms with Crippen LogP contribution in [0.25, 0.3) is 0 Å². The molecular weight excluding hydrogens is 178 g/mol. The molecule has 14 heavy (non-hydrogen) atoms. The summed E-state index contributed by atoms with van der Waals surface area (Å²) in [5.41, 5.74) is 8.21. The molecule has 0 aliphatic carbocycles. The highest BCUT2D eigenvalue weighted by Crippen LogP contribution is 2.29. The number of hydrogen-bond donors (Lipinski definition) is 2. The maximum atomic E-state index is 5.81. The highest BCUT2D eigenvalue weighted by molar-refractivity contribution is 5.43. The van der Waals surface area contributed by atoms with Gasteiger partial charge in [-0.3, -0.25) is 5.10 Å². The standard InChI is InChI=1S/C10H17N3O/c1-2-3-8-9(12-13-10(8)11)7-4-5-14-6-7/h7H,2-6H2,1H3,(H3,11,12,13). The summed E-state index contributed by atoms with van der Waals surface area (Å²) in [5, 5.41) is 7.12. The number of nitrogens with two attached hydrogens (primary N) is 1. The normalized spacial score (nSPS) is 21.6. The van der Waals surface area contributed by atoms with Gasteiger partial charge in [0.25, 0.3) is 0 Å². The van der Waals surface area contributed by atoms with E-state index in [-0.39, 0.29) is 0 Å². The molecule has 0 radical (unpaired) electrons. The molecule has 2 heterocycles. The summed E-state index contributed by atoms with van der Waals surface area (Å²) in [4.78, 5) is 0. The molecule has 1 aromatic heterocycles. The number of aromatic nitrogens is 2. The van der Waals surface area contributed by atoms with E-state index in [1.807, 2.05) is 0 Å². The minimum atomic E-state index is 0.473. The Morgan fingerprint density at radius 3 is 3.14 bits per heavy atom. The van der Waals surface area contributed by atoms with E-state index in [4.69, 9.17) is 10.5 Å². The van der Waals surface area contributed by atoms with E-state index in [2.05, 4.69) is 17.1 Å². The lowest BCUT2D eigenvalue weighted by atomic mass is 9.98. The zero-order valence-corrected chi connectivity index (χ0v) is 8.55. The molecule has 0 aromatic carbocycles. The van der Waals surface area contributed by atoms with Gasteiger partial charge >= 0.3 is 0 Å². The largest absolute Gasteiger partial charge is 0.382 e. The third-order valence-electron chi connectivity index (χ3n) is 2.77. The number of nitrogens with one attached hydrogen (secondary N) is 1. The predicted octanol–water partition coefficient (Wildman–Crippen LogP) is 1.45. The second kappa shape index (κ2) is 4.00. The fourth-order valence-corrected chi connectivity index (χ4v) is 2.01. The Balaban J connectivity index is 2.22. The summed E-state index contributed by atoms with van der Waals surface area (Å²) in [6.45, 7) is 3.81. The summed E-state index contributed by atoms with van der Waals surface area (Å²) in [6.07, 6.45) is 3.19. The van der Waals surface area contributed by atoms with Gasteiger partial charge in [0.2, 0.25) is 0 Å². The number of rotatable bonds is 3. The van der Waals surface area contributed by atoms with E-state index in [1.165, 1.54) is 11.3 Å². The summed E-state index contributed by atoms with van der Waals surface area (Å²) < 4.78 is 5.37. The van der Waals surface area contributed by atoms with Crippen molar-refractivity contribution in [3.8, 4) is 0 Å². The van der Waals surface area contributed by atoms with Crippen LogP contribution < -0.4 is 5.73 Å². The lowest BCUT2D eigenvalue weighted by molar-refractivity contribution is 0.193. The van der Waals surface area contributed by atoms with Crippen molar-refractivity contribution in [2.45, 2.75) is 32.1 Å². The first-order valence-electron chi connectivity index (χ1n) is 5.23. The van der Waals surface area contributed by atoms with Crippen LogP contribution in [-0.4, -0.2) is 23.4 Å². The van der Waals surface area contributed by atoms with E-state index in [1.54, 1.807) is 0 Å². The van der Waals surface area contributed by atoms with Crippen LogP contribution in [0.1, 0.15) is 36.9 Å². The molecule has 1 atom stereocenters. The molecule has 0 saturated carbocycles. The Bertz CT molecular complexity index is 302. The molecule has 1 fully saturated rings. The Morgan fingerprint density at radius 2 is 2.50 bits per heavy atom. The van der Waals surface area contributed by atoms with E-state index in [0.29, 0.717) is 11.7 Å². The van der Waals surface area contributed by atoms with E-state index >= 15 is 0 Å². The van der Waals surface area contributed by atoms with Crippen molar-refractivity contribution < 1.29 is 4.74 Å². The number of anilines is 1. The SMILES string of the molecule is CCCc1c(N)n[nH]c1C1CCOC1. The van der Waals surface area contributed by atoms with Crippen molar-refractivity contribution in [2.75, 3.05) is 18.9 Å². The molecule has 78 valence electrons. The zero-order chi connectivity index (χ0) is 9.97. The van der Waals surface area contributed by atoms with E-state index in [9.17, 15) is 0 Å². The van der Waals surface area contributed by atoms with Crippen LogP contribution in [0, 0.1) is 0 Å². The first-order chi connectivity index (χ1) is 6.83. The smallest absolute Gasteiger partial charge is 0.148 e. The van der Waals surface area contributed by atoms with Gasteiger partial charge in [-0.25, -0.2) is 0 Å². The number of aromatic amines is 1. The summed E-state index contributed by atoms with van der Waals surface area (Å²) in [7, 11) is 0. The molecule has 1 aliphatic heterocycles. The lowest BCUT2D eigenvalue weighted by Gasteiger charge is -2.07. The van der Waals surface area contributed by atoms with Crippen LogP contribution in [0.4, 0.5) is 5.82 Å². The van der Waals surface area contributed by atoms with Crippen molar-refractivity contribution in [3.05, 3.63) is 11.3 Å². The Labute approximate surface area is 83.8 Å². The molecule has 3 N–H and O–H groups in total. The fourth-order valence-electron chi connectivity index (χ4n) is 2.01. The van der Waals surface area contributed by atoms with Gasteiger partial charge in [-0.05, 0) is 12.8 Å². The quantitative estimate of drug-likeness (QED) is 0.767. The number of hydrogen-bond acceptors (Lipinski definition) is 3. The second-order valence-electron chi connectivity index (χ2n) is 3.81. The highest BCUT2D eigenvalue weighted by atomic mass is 16.5. The topological polar surface area (TPSA) is 63.9 Å². The first-order valence-corrected chi connectivity index (χ1v) is 5.23. The monoisotopic (exact) mass is 195 g/mol. The average Bonchev–Trinajstić information content (AvgIpc) is 2.77. The predicted molar refractivity (Wildman–Crippen MR) is 55.2 cm³/mol. The summed E-state index contributed by atoms with van der Waals surface area (Å²) in [6, 6.07) is 0. The summed E-state index contributed by atoms with van der Waals surface area (Å²) in [5.74, 6) is 1.13. The van der Waals surface area contributed by atoms with E-state index in [0.717, 1.165) is 32.5 Å². The van der Waals surface area contributed by atoms with Gasteiger partial charge in [0.1, 0.15) is 5.82 Å². The molecule has 1 aromatic rings. The van der Waals surface area contributed by atoms with Crippen molar-refractivity contribution in [2.24, 2.45) is 0 Å².